The molecule has 1 N–H and O–H groups in total. The summed E-state index contributed by atoms with van der Waals surface area (Å²) in [5.41, 5.74) is 1.07. The summed E-state index contributed by atoms with van der Waals surface area (Å²) in [4.78, 5) is 4.39. The maximum absolute atomic E-state index is 5.75. The van der Waals surface area contributed by atoms with Gasteiger partial charge >= 0.3 is 0 Å². The first-order valence-electron chi connectivity index (χ1n) is 7.08. The Kier molecular flexibility index (Phi) is 7.42. The maximum atomic E-state index is 5.75. The van der Waals surface area contributed by atoms with E-state index in [1.165, 1.54) is 12.8 Å². The monoisotopic (exact) mass is 250 g/mol. The smallest absolute Gasteiger partial charge is 0.137 e. The Bertz CT molecular complexity index is 307. The van der Waals surface area contributed by atoms with Crippen molar-refractivity contribution in [1.82, 2.24) is 10.3 Å². The minimum Gasteiger partial charge on any atom is -0.492 e. The molecule has 0 atom stereocenters. The van der Waals surface area contributed by atoms with Gasteiger partial charge < -0.3 is 10.1 Å². The van der Waals surface area contributed by atoms with E-state index >= 15 is 0 Å². The van der Waals surface area contributed by atoms with Gasteiger partial charge in [-0.1, -0.05) is 33.6 Å². The molecule has 1 rings (SSSR count). The third-order valence-corrected chi connectivity index (χ3v) is 3.17. The van der Waals surface area contributed by atoms with Gasteiger partial charge in [-0.15, -0.1) is 0 Å². The molecule has 18 heavy (non-hydrogen) atoms. The number of nitrogens with one attached hydrogen (secondary N) is 1. The van der Waals surface area contributed by atoms with Crippen molar-refractivity contribution in [3.8, 4) is 5.75 Å². The molecule has 0 bridgehead atoms. The van der Waals surface area contributed by atoms with Gasteiger partial charge in [-0.2, -0.15) is 0 Å². The minimum atomic E-state index is 0.649. The molecule has 0 saturated carbocycles. The summed E-state index contributed by atoms with van der Waals surface area (Å²) in [6.45, 7) is 9.24. The van der Waals surface area contributed by atoms with Crippen molar-refractivity contribution in [1.29, 1.82) is 0 Å². The second kappa shape index (κ2) is 8.92. The Hall–Kier alpha value is -1.09. The Morgan fingerprint density at radius 1 is 1.22 bits per heavy atom. The SMILES string of the molecule is CCCNCc1ccc(OCC(CC)CC)cn1. The number of nitrogens with zero attached hydrogens (tertiary/aromatic N) is 1. The molecule has 0 fully saturated rings. The summed E-state index contributed by atoms with van der Waals surface area (Å²) in [7, 11) is 0. The van der Waals surface area contributed by atoms with Gasteiger partial charge in [0.25, 0.3) is 0 Å². The van der Waals surface area contributed by atoms with Gasteiger partial charge in [-0.05, 0) is 31.0 Å². The molecule has 3 nitrogen and oxygen atoms in total. The highest BCUT2D eigenvalue weighted by Gasteiger charge is 2.04. The topological polar surface area (TPSA) is 34.1 Å². The van der Waals surface area contributed by atoms with E-state index in [0.29, 0.717) is 5.92 Å². The third kappa shape index (κ3) is 5.50. The van der Waals surface area contributed by atoms with Crippen molar-refractivity contribution in [2.45, 2.75) is 46.6 Å². The highest BCUT2D eigenvalue weighted by atomic mass is 16.5. The fourth-order valence-electron chi connectivity index (χ4n) is 1.73. The van der Waals surface area contributed by atoms with E-state index in [-0.39, 0.29) is 0 Å². The van der Waals surface area contributed by atoms with Crippen molar-refractivity contribution in [3.05, 3.63) is 24.0 Å². The van der Waals surface area contributed by atoms with Crippen molar-refractivity contribution in [3.63, 3.8) is 0 Å². The van der Waals surface area contributed by atoms with Crippen molar-refractivity contribution < 1.29 is 4.74 Å². The van der Waals surface area contributed by atoms with Crippen LogP contribution in [0.1, 0.15) is 45.7 Å². The zero-order valence-corrected chi connectivity index (χ0v) is 11.9. The van der Waals surface area contributed by atoms with Crippen LogP contribution >= 0.6 is 0 Å². The number of pyridine rings is 1. The van der Waals surface area contributed by atoms with E-state index in [1.807, 2.05) is 18.3 Å². The average Bonchev–Trinajstić information content (AvgIpc) is 2.42. The van der Waals surface area contributed by atoms with Crippen LogP contribution in [0.25, 0.3) is 0 Å². The van der Waals surface area contributed by atoms with Gasteiger partial charge in [-0.3, -0.25) is 4.98 Å². The minimum absolute atomic E-state index is 0.649. The lowest BCUT2D eigenvalue weighted by molar-refractivity contribution is 0.240. The first-order chi connectivity index (χ1) is 8.80. The van der Waals surface area contributed by atoms with Crippen LogP contribution in [-0.4, -0.2) is 18.1 Å². The quantitative estimate of drug-likeness (QED) is 0.682. The fraction of sp³-hybridized carbons (Fsp3) is 0.667. The molecule has 1 heterocycles. The fourth-order valence-corrected chi connectivity index (χ4v) is 1.73. The van der Waals surface area contributed by atoms with Crippen molar-refractivity contribution >= 4 is 0 Å². The Morgan fingerprint density at radius 3 is 2.56 bits per heavy atom. The molecule has 0 aliphatic heterocycles. The molecule has 0 amide bonds. The molecular formula is C15H26N2O. The number of ether oxygens (including phenoxy) is 1. The second-order valence-electron chi connectivity index (χ2n) is 4.66. The highest BCUT2D eigenvalue weighted by Crippen LogP contribution is 2.13. The van der Waals surface area contributed by atoms with E-state index in [2.05, 4.69) is 31.1 Å². The maximum Gasteiger partial charge on any atom is 0.137 e. The summed E-state index contributed by atoms with van der Waals surface area (Å²) in [5, 5.41) is 3.34. The van der Waals surface area contributed by atoms with E-state index in [4.69, 9.17) is 4.74 Å². The number of hydrogen-bond donors (Lipinski definition) is 1. The Labute approximate surface area is 111 Å². The van der Waals surface area contributed by atoms with Crippen LogP contribution in [0, 0.1) is 5.92 Å². The molecule has 0 radical (unpaired) electrons. The molecule has 0 unspecified atom stereocenters. The average molecular weight is 250 g/mol. The van der Waals surface area contributed by atoms with Crippen molar-refractivity contribution in [2.75, 3.05) is 13.2 Å². The molecule has 0 aliphatic rings. The molecule has 0 saturated heterocycles. The first kappa shape index (κ1) is 15.0. The normalized spacial score (nSPS) is 10.9. The van der Waals surface area contributed by atoms with E-state index in [1.54, 1.807) is 0 Å². The number of rotatable bonds is 9. The zero-order valence-electron chi connectivity index (χ0n) is 11.9. The largest absolute Gasteiger partial charge is 0.492 e. The van der Waals surface area contributed by atoms with E-state index in [0.717, 1.165) is 37.6 Å². The highest BCUT2D eigenvalue weighted by molar-refractivity contribution is 5.19. The van der Waals surface area contributed by atoms with Gasteiger partial charge in [0, 0.05) is 6.54 Å². The lowest BCUT2D eigenvalue weighted by atomic mass is 10.1. The van der Waals surface area contributed by atoms with Crippen LogP contribution in [-0.2, 0) is 6.54 Å². The summed E-state index contributed by atoms with van der Waals surface area (Å²) >= 11 is 0. The molecule has 3 heteroatoms. The van der Waals surface area contributed by atoms with Gasteiger partial charge in [-0.25, -0.2) is 0 Å². The Morgan fingerprint density at radius 2 is 2.00 bits per heavy atom. The molecule has 102 valence electrons. The van der Waals surface area contributed by atoms with Crippen LogP contribution in [0.5, 0.6) is 5.75 Å². The standard InChI is InChI=1S/C15H26N2O/c1-4-9-16-10-14-7-8-15(11-17-14)18-12-13(5-2)6-3/h7-8,11,13,16H,4-6,9-10,12H2,1-3H3. The molecule has 1 aromatic rings. The summed E-state index contributed by atoms with van der Waals surface area (Å²) in [6.07, 6.45) is 5.31. The summed E-state index contributed by atoms with van der Waals surface area (Å²) in [6, 6.07) is 4.04. The van der Waals surface area contributed by atoms with Crippen LogP contribution in [0.15, 0.2) is 18.3 Å². The van der Waals surface area contributed by atoms with Gasteiger partial charge in [0.2, 0.25) is 0 Å². The third-order valence-electron chi connectivity index (χ3n) is 3.17. The first-order valence-corrected chi connectivity index (χ1v) is 7.08. The summed E-state index contributed by atoms with van der Waals surface area (Å²) in [5.74, 6) is 1.53. The van der Waals surface area contributed by atoms with E-state index in [9.17, 15) is 0 Å². The zero-order chi connectivity index (χ0) is 13.2. The Balaban J connectivity index is 2.35. The molecule has 0 aromatic carbocycles. The van der Waals surface area contributed by atoms with E-state index < -0.39 is 0 Å². The van der Waals surface area contributed by atoms with Gasteiger partial charge in [0.15, 0.2) is 0 Å². The van der Waals surface area contributed by atoms with Crippen molar-refractivity contribution in [2.24, 2.45) is 5.92 Å². The molecule has 0 spiro atoms. The van der Waals surface area contributed by atoms with Gasteiger partial charge in [0.1, 0.15) is 5.75 Å². The summed E-state index contributed by atoms with van der Waals surface area (Å²) < 4.78 is 5.75. The number of hydrogen-bond acceptors (Lipinski definition) is 3. The van der Waals surface area contributed by atoms with Gasteiger partial charge in [0.05, 0.1) is 18.5 Å². The van der Waals surface area contributed by atoms with Crippen LogP contribution in [0.3, 0.4) is 0 Å². The molecular weight excluding hydrogens is 224 g/mol. The predicted molar refractivity (Wildman–Crippen MR) is 75.8 cm³/mol. The van der Waals surface area contributed by atoms with Crippen LogP contribution in [0.4, 0.5) is 0 Å². The van der Waals surface area contributed by atoms with Crippen LogP contribution < -0.4 is 10.1 Å². The predicted octanol–water partition coefficient (Wildman–Crippen LogP) is 3.40. The second-order valence-corrected chi connectivity index (χ2v) is 4.66. The molecule has 1 aromatic heterocycles. The van der Waals surface area contributed by atoms with Crippen LogP contribution in [0.2, 0.25) is 0 Å². The lowest BCUT2D eigenvalue weighted by Gasteiger charge is -2.13. The molecule has 0 aliphatic carbocycles. The lowest BCUT2D eigenvalue weighted by Crippen LogP contribution is -2.15. The number of aromatic nitrogens is 1.